The van der Waals surface area contributed by atoms with Gasteiger partial charge in [0.15, 0.2) is 46.4 Å². The number of carbonyl (C=O) groups is 3. The number of phenols is 10. The van der Waals surface area contributed by atoms with Crippen LogP contribution in [0.15, 0.2) is 42.5 Å². The van der Waals surface area contributed by atoms with E-state index in [1.807, 2.05) is 0 Å². The highest BCUT2D eigenvalue weighted by atomic mass is 16.7. The van der Waals surface area contributed by atoms with Crippen molar-refractivity contribution in [2.45, 2.75) is 43.5 Å². The third kappa shape index (κ3) is 6.53. The molecule has 2 heterocycles. The van der Waals surface area contributed by atoms with E-state index in [0.717, 1.165) is 12.1 Å². The molecule has 0 spiro atoms. The molecule has 4 aromatic carbocycles. The average molecular weight is 755 g/mol. The molecule has 2 aliphatic rings. The normalized spacial score (nSPS) is 21.0. The van der Waals surface area contributed by atoms with E-state index in [0.29, 0.717) is 17.7 Å². The number of carbonyl (C=O) groups excluding carboxylic acids is 3. The van der Waals surface area contributed by atoms with E-state index in [1.54, 1.807) is 0 Å². The Kier molecular flexibility index (Phi) is 9.55. The number of aromatic hydroxyl groups is 10. The predicted octanol–water partition coefficient (Wildman–Crippen LogP) is 1.45. The highest BCUT2D eigenvalue weighted by Gasteiger charge is 2.50. The maximum atomic E-state index is 13.6. The molecule has 2 aliphatic heterocycles. The van der Waals surface area contributed by atoms with Crippen LogP contribution in [0.1, 0.15) is 43.1 Å². The van der Waals surface area contributed by atoms with Crippen molar-refractivity contribution in [1.29, 1.82) is 0 Å². The van der Waals surface area contributed by atoms with Gasteiger partial charge in [-0.1, -0.05) is 6.07 Å². The molecular weight excluding hydrogens is 724 g/mol. The van der Waals surface area contributed by atoms with Crippen molar-refractivity contribution in [3.05, 3.63) is 64.7 Å². The van der Waals surface area contributed by atoms with Gasteiger partial charge < -0.3 is 80.2 Å². The number of Topliss-reactive ketones (excluding diaryl/α,β-unsaturated/α-hetero) is 1. The van der Waals surface area contributed by atoms with Gasteiger partial charge in [0.2, 0.25) is 17.8 Å². The maximum Gasteiger partial charge on any atom is 0.339 e. The summed E-state index contributed by atoms with van der Waals surface area (Å²) in [4.78, 5) is 40.4. The highest BCUT2D eigenvalue weighted by molar-refractivity contribution is 6.08. The number of fused-ring (bicyclic) bond motifs is 4. The molecular formula is C35H30O19. The van der Waals surface area contributed by atoms with Crippen LogP contribution < -0.4 is 4.74 Å². The third-order valence-corrected chi connectivity index (χ3v) is 8.73. The van der Waals surface area contributed by atoms with Gasteiger partial charge >= 0.3 is 11.9 Å². The first-order valence-electron chi connectivity index (χ1n) is 15.7. The Bertz CT molecular complexity index is 2200. The van der Waals surface area contributed by atoms with Gasteiger partial charge in [-0.05, 0) is 36.2 Å². The first kappa shape index (κ1) is 36.9. The lowest BCUT2D eigenvalue weighted by atomic mass is 9.92. The molecule has 0 bridgehead atoms. The van der Waals surface area contributed by atoms with Gasteiger partial charge in [-0.25, -0.2) is 9.59 Å². The Labute approximate surface area is 301 Å². The van der Waals surface area contributed by atoms with Crippen molar-refractivity contribution >= 4 is 17.7 Å². The average Bonchev–Trinajstić information content (AvgIpc) is 3.13. The van der Waals surface area contributed by atoms with Crippen molar-refractivity contribution in [2.75, 3.05) is 6.61 Å². The number of benzene rings is 4. The van der Waals surface area contributed by atoms with Crippen molar-refractivity contribution in [3.63, 3.8) is 0 Å². The van der Waals surface area contributed by atoms with Crippen LogP contribution in [-0.4, -0.2) is 116 Å². The molecule has 0 radical (unpaired) electrons. The minimum Gasteiger partial charge on any atom is -0.508 e. The van der Waals surface area contributed by atoms with E-state index < -0.39 is 146 Å². The van der Waals surface area contributed by atoms with Crippen LogP contribution in [0.5, 0.6) is 63.2 Å². The van der Waals surface area contributed by atoms with Gasteiger partial charge in [0, 0.05) is 29.7 Å². The van der Waals surface area contributed by atoms with Crippen LogP contribution in [0.3, 0.4) is 0 Å². The van der Waals surface area contributed by atoms with E-state index in [9.17, 15) is 75.7 Å². The number of aryl methyl sites for hydroxylation is 1. The Hall–Kier alpha value is -6.83. The molecule has 5 atom stereocenters. The molecule has 0 amide bonds. The number of ketones is 1. The van der Waals surface area contributed by atoms with Crippen molar-refractivity contribution in [3.8, 4) is 74.4 Å². The van der Waals surface area contributed by atoms with Crippen molar-refractivity contribution in [1.82, 2.24) is 0 Å². The SMILES string of the molecule is O=C1OC[C@H]2O[C@@H](Oc3cc(O)cc(O)c3C(=O)CCc3ccc(O)c(O)c3)[C@H](O)[C@@H](O)[C@@H]2OC(=O)c2cc(O)c(O)c(O)c2-c2c1cc(O)c(O)c2O. The van der Waals surface area contributed by atoms with Gasteiger partial charge in [0.05, 0.1) is 11.1 Å². The number of phenolic OH excluding ortho intramolecular Hbond substituents is 10. The summed E-state index contributed by atoms with van der Waals surface area (Å²) < 4.78 is 22.1. The highest BCUT2D eigenvalue weighted by Crippen LogP contribution is 2.53. The lowest BCUT2D eigenvalue weighted by molar-refractivity contribution is -0.276. The second-order valence-corrected chi connectivity index (χ2v) is 12.2. The Morgan fingerprint density at radius 3 is 1.91 bits per heavy atom. The molecule has 12 N–H and O–H groups in total. The Morgan fingerprint density at radius 2 is 1.30 bits per heavy atom. The van der Waals surface area contributed by atoms with Gasteiger partial charge in [0.1, 0.15) is 47.7 Å². The van der Waals surface area contributed by atoms with Crippen LogP contribution in [0.2, 0.25) is 0 Å². The van der Waals surface area contributed by atoms with Crippen molar-refractivity contribution < 1.29 is 94.6 Å². The summed E-state index contributed by atoms with van der Waals surface area (Å²) in [6.07, 6.45) is -10.4. The summed E-state index contributed by atoms with van der Waals surface area (Å²) in [5.41, 5.74) is -3.54. The van der Waals surface area contributed by atoms with E-state index in [1.165, 1.54) is 18.2 Å². The first-order valence-corrected chi connectivity index (χ1v) is 15.7. The molecule has 1 fully saturated rings. The summed E-state index contributed by atoms with van der Waals surface area (Å²) in [6, 6.07) is 6.68. The molecule has 0 saturated carbocycles. The zero-order valence-electron chi connectivity index (χ0n) is 27.3. The number of cyclic esters (lactones) is 1. The number of hydrogen-bond acceptors (Lipinski definition) is 19. The minimum atomic E-state index is -2.17. The van der Waals surface area contributed by atoms with E-state index >= 15 is 0 Å². The monoisotopic (exact) mass is 754 g/mol. The van der Waals surface area contributed by atoms with Crippen LogP contribution >= 0.6 is 0 Å². The van der Waals surface area contributed by atoms with E-state index in [2.05, 4.69) is 0 Å². The van der Waals surface area contributed by atoms with Crippen LogP contribution in [-0.2, 0) is 20.6 Å². The summed E-state index contributed by atoms with van der Waals surface area (Å²) >= 11 is 0. The predicted molar refractivity (Wildman–Crippen MR) is 175 cm³/mol. The Morgan fingerprint density at radius 1 is 0.685 bits per heavy atom. The quantitative estimate of drug-likeness (QED) is 0.0752. The zero-order valence-corrected chi connectivity index (χ0v) is 27.3. The lowest BCUT2D eigenvalue weighted by Gasteiger charge is -2.41. The fourth-order valence-electron chi connectivity index (χ4n) is 6.01. The largest absolute Gasteiger partial charge is 0.508 e. The van der Waals surface area contributed by atoms with Gasteiger partial charge in [-0.15, -0.1) is 0 Å². The van der Waals surface area contributed by atoms with E-state index in [-0.39, 0.29) is 12.8 Å². The van der Waals surface area contributed by atoms with E-state index in [4.69, 9.17) is 18.9 Å². The Balaban J connectivity index is 1.35. The molecule has 4 aromatic rings. The second kappa shape index (κ2) is 14.0. The molecule has 284 valence electrons. The van der Waals surface area contributed by atoms with Crippen molar-refractivity contribution in [2.24, 2.45) is 0 Å². The van der Waals surface area contributed by atoms with Gasteiger partial charge in [-0.2, -0.15) is 0 Å². The minimum absolute atomic E-state index is 0.00915. The number of rotatable bonds is 6. The number of aliphatic hydroxyl groups is 2. The maximum absolute atomic E-state index is 13.6. The molecule has 0 aromatic heterocycles. The van der Waals surface area contributed by atoms with Crippen LogP contribution in [0.4, 0.5) is 0 Å². The second-order valence-electron chi connectivity index (χ2n) is 12.2. The fourth-order valence-corrected chi connectivity index (χ4v) is 6.01. The molecule has 6 rings (SSSR count). The number of ether oxygens (including phenoxy) is 4. The number of hydrogen-bond donors (Lipinski definition) is 12. The number of esters is 2. The molecule has 54 heavy (non-hydrogen) atoms. The summed E-state index contributed by atoms with van der Waals surface area (Å²) in [5.74, 6) is -13.7. The standard InChI is InChI=1S/C35H30O19/c36-12-6-18(40)25(16(38)4-2-11-1-3-15(37)17(39)5-11)21(7-12)52-35-31(48)30(47)32-22(53-35)10-51-33(49)13-8-19(41)26(43)28(45)23(13)24-14(34(50)54-32)9-20(42)27(44)29(24)46/h1,3,5-9,22,30-32,35-37,39-48H,2,4,10H2/t22-,30-,31-,32-,35-/m1/s1. The summed E-state index contributed by atoms with van der Waals surface area (Å²) in [6.45, 7) is -0.947. The third-order valence-electron chi connectivity index (χ3n) is 8.73. The lowest BCUT2D eigenvalue weighted by Crippen LogP contribution is -2.61. The first-order chi connectivity index (χ1) is 25.5. The topological polar surface area (TPSA) is 331 Å². The molecule has 19 nitrogen and oxygen atoms in total. The molecule has 0 aliphatic carbocycles. The fraction of sp³-hybridized carbons (Fsp3) is 0.229. The zero-order chi connectivity index (χ0) is 39.3. The molecule has 1 saturated heterocycles. The summed E-state index contributed by atoms with van der Waals surface area (Å²) in [7, 11) is 0. The molecule has 0 unspecified atom stereocenters. The van der Waals surface area contributed by atoms with Crippen LogP contribution in [0, 0.1) is 0 Å². The van der Waals surface area contributed by atoms with Crippen LogP contribution in [0.25, 0.3) is 11.1 Å². The van der Waals surface area contributed by atoms with Gasteiger partial charge in [-0.3, -0.25) is 4.79 Å². The summed E-state index contributed by atoms with van der Waals surface area (Å²) in [5, 5.41) is 125. The smallest absolute Gasteiger partial charge is 0.339 e. The number of aliphatic hydroxyl groups excluding tert-OH is 2. The van der Waals surface area contributed by atoms with Gasteiger partial charge in [0.25, 0.3) is 0 Å². The molecule has 19 heteroatoms.